The summed E-state index contributed by atoms with van der Waals surface area (Å²) in [6, 6.07) is 4.31. The maximum Gasteiger partial charge on any atom is 0.433 e. The number of aromatic nitrogens is 2. The molecule has 0 spiro atoms. The minimum Gasteiger partial charge on any atom is -0.352 e. The van der Waals surface area contributed by atoms with Gasteiger partial charge in [0.1, 0.15) is 11.6 Å². The summed E-state index contributed by atoms with van der Waals surface area (Å²) in [5, 5.41) is 5.22. The molecule has 9 heteroatoms. The average Bonchev–Trinajstić information content (AvgIpc) is 2.41. The second-order valence-corrected chi connectivity index (χ2v) is 5.42. The molecule has 124 valence electrons. The number of alkyl halides is 3. The van der Waals surface area contributed by atoms with Crippen LogP contribution < -0.4 is 10.6 Å². The predicted octanol–water partition coefficient (Wildman–Crippen LogP) is 4.85. The summed E-state index contributed by atoms with van der Waals surface area (Å²) in [5.74, 6) is -0.873. The zero-order valence-corrected chi connectivity index (χ0v) is 12.9. The normalized spacial score (nSPS) is 11.7. The van der Waals surface area contributed by atoms with E-state index in [4.69, 9.17) is 11.6 Å². The summed E-state index contributed by atoms with van der Waals surface area (Å²) in [4.78, 5) is 7.41. The number of rotatable bonds is 4. The molecule has 23 heavy (non-hydrogen) atoms. The van der Waals surface area contributed by atoms with Gasteiger partial charge >= 0.3 is 6.18 Å². The van der Waals surface area contributed by atoms with Gasteiger partial charge in [-0.15, -0.1) is 0 Å². The Bertz CT molecular complexity index is 704. The predicted molar refractivity (Wildman–Crippen MR) is 80.5 cm³/mol. The second-order valence-electron chi connectivity index (χ2n) is 5.01. The van der Waals surface area contributed by atoms with E-state index in [1.54, 1.807) is 13.8 Å². The van der Waals surface area contributed by atoms with Gasteiger partial charge < -0.3 is 10.6 Å². The van der Waals surface area contributed by atoms with E-state index >= 15 is 0 Å². The third-order valence-corrected chi connectivity index (χ3v) is 2.92. The maximum atomic E-state index is 13.1. The highest BCUT2D eigenvalue weighted by Crippen LogP contribution is 2.31. The third-order valence-electron chi connectivity index (χ3n) is 2.63. The van der Waals surface area contributed by atoms with Crippen LogP contribution in [0.5, 0.6) is 0 Å². The van der Waals surface area contributed by atoms with E-state index in [1.165, 1.54) is 12.1 Å². The highest BCUT2D eigenvalue weighted by atomic mass is 35.5. The fourth-order valence-corrected chi connectivity index (χ4v) is 1.88. The van der Waals surface area contributed by atoms with Crippen LogP contribution >= 0.6 is 11.6 Å². The molecule has 0 aliphatic rings. The minimum atomic E-state index is -4.62. The Labute approximate surface area is 134 Å². The Kier molecular flexibility index (Phi) is 4.93. The quantitative estimate of drug-likeness (QED) is 0.775. The lowest BCUT2D eigenvalue weighted by atomic mass is 10.3. The molecule has 0 aliphatic heterocycles. The topological polar surface area (TPSA) is 49.8 Å². The monoisotopic (exact) mass is 348 g/mol. The van der Waals surface area contributed by atoms with E-state index in [-0.39, 0.29) is 22.8 Å². The molecule has 0 unspecified atom stereocenters. The Hall–Kier alpha value is -2.09. The van der Waals surface area contributed by atoms with Crippen LogP contribution in [0.1, 0.15) is 19.5 Å². The minimum absolute atomic E-state index is 0.0850. The van der Waals surface area contributed by atoms with E-state index < -0.39 is 17.7 Å². The molecule has 2 rings (SSSR count). The smallest absolute Gasteiger partial charge is 0.352 e. The number of hydrogen-bond acceptors (Lipinski definition) is 4. The van der Waals surface area contributed by atoms with Gasteiger partial charge in [-0.1, -0.05) is 11.6 Å². The number of halogens is 5. The van der Waals surface area contributed by atoms with Crippen LogP contribution in [0.4, 0.5) is 35.0 Å². The van der Waals surface area contributed by atoms with Crippen molar-refractivity contribution in [2.45, 2.75) is 26.1 Å². The largest absolute Gasteiger partial charge is 0.433 e. The van der Waals surface area contributed by atoms with Gasteiger partial charge in [0, 0.05) is 17.8 Å². The summed E-state index contributed by atoms with van der Waals surface area (Å²) in [7, 11) is 0. The first-order chi connectivity index (χ1) is 10.6. The van der Waals surface area contributed by atoms with Crippen molar-refractivity contribution in [3.8, 4) is 0 Å². The highest BCUT2D eigenvalue weighted by Gasteiger charge is 2.33. The average molecular weight is 349 g/mol. The molecule has 0 bridgehead atoms. The SMILES string of the molecule is CC(C)Nc1nc(Nc2ccc(F)c(Cl)c2)cc(C(F)(F)F)n1. The molecule has 4 nitrogen and oxygen atoms in total. The number of hydrogen-bond donors (Lipinski definition) is 2. The maximum absolute atomic E-state index is 13.1. The van der Waals surface area contributed by atoms with Crippen LogP contribution in [0, 0.1) is 5.82 Å². The molecule has 0 saturated heterocycles. The first kappa shape index (κ1) is 17.3. The molecule has 2 aromatic rings. The van der Waals surface area contributed by atoms with Gasteiger partial charge in [-0.3, -0.25) is 0 Å². The van der Waals surface area contributed by atoms with Crippen LogP contribution in [0.3, 0.4) is 0 Å². The summed E-state index contributed by atoms with van der Waals surface area (Å²) in [5.41, 5.74) is -0.787. The number of anilines is 3. The second kappa shape index (κ2) is 6.57. The van der Waals surface area contributed by atoms with E-state index in [1.807, 2.05) is 0 Å². The van der Waals surface area contributed by atoms with E-state index in [0.29, 0.717) is 5.69 Å². The third kappa shape index (κ3) is 4.69. The Morgan fingerprint density at radius 1 is 1.13 bits per heavy atom. The zero-order chi connectivity index (χ0) is 17.2. The fourth-order valence-electron chi connectivity index (χ4n) is 1.70. The standard InChI is InChI=1S/C14H13ClF4N4/c1-7(2)20-13-22-11(14(17,18)19)6-12(23-13)21-8-3-4-10(16)9(15)5-8/h3-7H,1-2H3,(H2,20,21,22,23). The van der Waals surface area contributed by atoms with Gasteiger partial charge in [0.05, 0.1) is 5.02 Å². The van der Waals surface area contributed by atoms with Gasteiger partial charge in [-0.05, 0) is 32.0 Å². The molecule has 1 heterocycles. The van der Waals surface area contributed by atoms with Crippen molar-refractivity contribution < 1.29 is 17.6 Å². The van der Waals surface area contributed by atoms with Gasteiger partial charge in [0.25, 0.3) is 0 Å². The highest BCUT2D eigenvalue weighted by molar-refractivity contribution is 6.31. The van der Waals surface area contributed by atoms with Crippen molar-refractivity contribution in [1.29, 1.82) is 0 Å². The Morgan fingerprint density at radius 2 is 1.83 bits per heavy atom. The molecular weight excluding hydrogens is 336 g/mol. The summed E-state index contributed by atoms with van der Waals surface area (Å²) in [6.07, 6.45) is -4.62. The van der Waals surface area contributed by atoms with Gasteiger partial charge in [0.2, 0.25) is 5.95 Å². The molecule has 2 N–H and O–H groups in total. The van der Waals surface area contributed by atoms with Crippen molar-refractivity contribution >= 4 is 29.1 Å². The first-order valence-corrected chi connectivity index (χ1v) is 6.98. The van der Waals surface area contributed by atoms with Crippen LogP contribution in [0.25, 0.3) is 0 Å². The van der Waals surface area contributed by atoms with Crippen LogP contribution in [-0.2, 0) is 6.18 Å². The number of nitrogens with zero attached hydrogens (tertiary/aromatic N) is 2. The summed E-state index contributed by atoms with van der Waals surface area (Å²) >= 11 is 5.64. The molecule has 0 radical (unpaired) electrons. The van der Waals surface area contributed by atoms with E-state index in [0.717, 1.165) is 12.1 Å². The molecule has 0 atom stereocenters. The van der Waals surface area contributed by atoms with Crippen molar-refractivity contribution in [3.05, 3.63) is 40.8 Å². The van der Waals surface area contributed by atoms with Crippen molar-refractivity contribution in [2.24, 2.45) is 0 Å². The lowest BCUT2D eigenvalue weighted by Crippen LogP contribution is -2.17. The van der Waals surface area contributed by atoms with Crippen molar-refractivity contribution in [1.82, 2.24) is 9.97 Å². The van der Waals surface area contributed by atoms with Gasteiger partial charge in [-0.25, -0.2) is 9.37 Å². The first-order valence-electron chi connectivity index (χ1n) is 6.60. The zero-order valence-electron chi connectivity index (χ0n) is 12.2. The van der Waals surface area contributed by atoms with Crippen molar-refractivity contribution in [2.75, 3.05) is 10.6 Å². The summed E-state index contributed by atoms with van der Waals surface area (Å²) in [6.45, 7) is 3.49. The lowest BCUT2D eigenvalue weighted by Gasteiger charge is -2.14. The molecule has 0 aliphatic carbocycles. The van der Waals surface area contributed by atoms with Gasteiger partial charge in [-0.2, -0.15) is 18.2 Å². The molecule has 1 aromatic carbocycles. The van der Waals surface area contributed by atoms with Crippen molar-refractivity contribution in [3.63, 3.8) is 0 Å². The van der Waals surface area contributed by atoms with Crippen LogP contribution in [-0.4, -0.2) is 16.0 Å². The van der Waals surface area contributed by atoms with E-state index in [9.17, 15) is 17.6 Å². The molecule has 0 amide bonds. The summed E-state index contributed by atoms with van der Waals surface area (Å²) < 4.78 is 51.9. The Morgan fingerprint density at radius 3 is 2.39 bits per heavy atom. The molecule has 1 aromatic heterocycles. The number of nitrogens with one attached hydrogen (secondary N) is 2. The van der Waals surface area contributed by atoms with Gasteiger partial charge in [0.15, 0.2) is 5.69 Å². The number of benzene rings is 1. The van der Waals surface area contributed by atoms with Crippen LogP contribution in [0.2, 0.25) is 5.02 Å². The fraction of sp³-hybridized carbons (Fsp3) is 0.286. The lowest BCUT2D eigenvalue weighted by molar-refractivity contribution is -0.141. The van der Waals surface area contributed by atoms with E-state index in [2.05, 4.69) is 20.6 Å². The molecule has 0 fully saturated rings. The molecule has 0 saturated carbocycles. The molecular formula is C14H13ClF4N4. The Balaban J connectivity index is 2.37. The van der Waals surface area contributed by atoms with Crippen LogP contribution in [0.15, 0.2) is 24.3 Å².